The predicted octanol–water partition coefficient (Wildman–Crippen LogP) is 3.47. The molecule has 0 heterocycles. The summed E-state index contributed by atoms with van der Waals surface area (Å²) in [5.74, 6) is -1.57. The first-order valence-corrected chi connectivity index (χ1v) is 6.09. The van der Waals surface area contributed by atoms with E-state index in [-0.39, 0.29) is 12.8 Å². The first kappa shape index (κ1) is 18.1. The fourth-order valence-electron chi connectivity index (χ4n) is 1.11. The monoisotopic (exact) mass is 244 g/mol. The third kappa shape index (κ3) is 25.2. The summed E-state index contributed by atoms with van der Waals surface area (Å²) in [4.78, 5) is 20.1. The minimum Gasteiger partial charge on any atom is -0.481 e. The van der Waals surface area contributed by atoms with Gasteiger partial charge >= 0.3 is 11.9 Å². The third-order valence-corrected chi connectivity index (χ3v) is 2.02. The van der Waals surface area contributed by atoms with Crippen LogP contribution in [0.15, 0.2) is 12.7 Å². The van der Waals surface area contributed by atoms with Gasteiger partial charge in [-0.2, -0.15) is 0 Å². The first-order valence-electron chi connectivity index (χ1n) is 6.09. The van der Waals surface area contributed by atoms with Crippen molar-refractivity contribution in [3.63, 3.8) is 0 Å². The molecular weight excluding hydrogens is 220 g/mol. The lowest BCUT2D eigenvalue weighted by Gasteiger charge is -1.96. The number of rotatable bonds is 9. The number of carboxylic acid groups (broad SMARTS) is 2. The molecule has 0 spiro atoms. The van der Waals surface area contributed by atoms with Crippen molar-refractivity contribution >= 4 is 11.9 Å². The fraction of sp³-hybridized carbons (Fsp3) is 0.692. The summed E-state index contributed by atoms with van der Waals surface area (Å²) in [7, 11) is 0. The van der Waals surface area contributed by atoms with E-state index in [1.807, 2.05) is 6.08 Å². The molecule has 0 aliphatic carbocycles. The van der Waals surface area contributed by atoms with Gasteiger partial charge in [0.15, 0.2) is 0 Å². The second-order valence-corrected chi connectivity index (χ2v) is 3.78. The molecule has 0 unspecified atom stereocenters. The zero-order chi connectivity index (χ0) is 13.5. The van der Waals surface area contributed by atoms with E-state index in [2.05, 4.69) is 13.5 Å². The quantitative estimate of drug-likeness (QED) is 0.481. The van der Waals surface area contributed by atoms with E-state index in [9.17, 15) is 9.59 Å². The number of allylic oxidation sites excluding steroid dienone is 1. The van der Waals surface area contributed by atoms with E-state index in [1.165, 1.54) is 6.42 Å². The molecule has 0 saturated carbocycles. The molecule has 100 valence electrons. The Hall–Kier alpha value is -1.32. The summed E-state index contributed by atoms with van der Waals surface area (Å²) in [6.07, 6.45) is 7.59. The number of hydrogen-bond donors (Lipinski definition) is 2. The number of unbranched alkanes of at least 4 members (excludes halogenated alkanes) is 4. The van der Waals surface area contributed by atoms with Crippen LogP contribution in [0.1, 0.15) is 58.3 Å². The van der Waals surface area contributed by atoms with Crippen LogP contribution < -0.4 is 0 Å². The summed E-state index contributed by atoms with van der Waals surface area (Å²) in [5.41, 5.74) is 0. The fourth-order valence-corrected chi connectivity index (χ4v) is 1.11. The molecule has 0 rings (SSSR count). The lowest BCUT2D eigenvalue weighted by atomic mass is 10.1. The van der Waals surface area contributed by atoms with E-state index in [1.54, 1.807) is 0 Å². The van der Waals surface area contributed by atoms with Gasteiger partial charge < -0.3 is 10.2 Å². The van der Waals surface area contributed by atoms with Gasteiger partial charge in [0.05, 0.1) is 0 Å². The van der Waals surface area contributed by atoms with Crippen LogP contribution in [0, 0.1) is 0 Å². The maximum atomic E-state index is 10.0. The summed E-state index contributed by atoms with van der Waals surface area (Å²) in [5, 5.41) is 16.5. The Kier molecular flexibility index (Phi) is 15.6. The van der Waals surface area contributed by atoms with Crippen molar-refractivity contribution in [3.05, 3.63) is 12.7 Å². The normalized spacial score (nSPS) is 9.00. The molecule has 0 radical (unpaired) electrons. The third-order valence-electron chi connectivity index (χ3n) is 2.02. The summed E-state index contributed by atoms with van der Waals surface area (Å²) in [6.45, 7) is 5.69. The molecule has 0 atom stereocenters. The van der Waals surface area contributed by atoms with E-state index in [4.69, 9.17) is 10.2 Å². The van der Waals surface area contributed by atoms with Crippen molar-refractivity contribution in [1.29, 1.82) is 0 Å². The largest absolute Gasteiger partial charge is 0.481 e. The van der Waals surface area contributed by atoms with Gasteiger partial charge in [-0.1, -0.05) is 32.3 Å². The molecule has 0 bridgehead atoms. The van der Waals surface area contributed by atoms with Gasteiger partial charge in [0.25, 0.3) is 0 Å². The zero-order valence-electron chi connectivity index (χ0n) is 10.7. The molecule has 0 fully saturated rings. The summed E-state index contributed by atoms with van der Waals surface area (Å²) in [6, 6.07) is 0. The SMILES string of the molecule is C=CCCC.O=C(O)CCCCCCC(=O)O. The first-order chi connectivity index (χ1) is 8.04. The van der Waals surface area contributed by atoms with E-state index >= 15 is 0 Å². The van der Waals surface area contributed by atoms with E-state index in [0.29, 0.717) is 12.8 Å². The maximum absolute atomic E-state index is 10.0. The second kappa shape index (κ2) is 14.7. The number of carboxylic acids is 2. The molecule has 2 N–H and O–H groups in total. The molecule has 4 heteroatoms. The molecule has 17 heavy (non-hydrogen) atoms. The van der Waals surface area contributed by atoms with Gasteiger partial charge in [-0.3, -0.25) is 9.59 Å². The van der Waals surface area contributed by atoms with Crippen LogP contribution >= 0.6 is 0 Å². The van der Waals surface area contributed by atoms with Crippen molar-refractivity contribution in [2.45, 2.75) is 58.3 Å². The molecule has 0 aromatic carbocycles. The summed E-state index contributed by atoms with van der Waals surface area (Å²) < 4.78 is 0. The Labute approximate surface area is 103 Å². The Balaban J connectivity index is 0. The van der Waals surface area contributed by atoms with Gasteiger partial charge in [0.2, 0.25) is 0 Å². The highest BCUT2D eigenvalue weighted by Crippen LogP contribution is 2.04. The second-order valence-electron chi connectivity index (χ2n) is 3.78. The topological polar surface area (TPSA) is 74.6 Å². The number of carbonyl (C=O) groups is 2. The van der Waals surface area contributed by atoms with Gasteiger partial charge in [-0.25, -0.2) is 0 Å². The van der Waals surface area contributed by atoms with Crippen LogP contribution in [0.25, 0.3) is 0 Å². The Morgan fingerprint density at radius 1 is 1.00 bits per heavy atom. The van der Waals surface area contributed by atoms with Crippen LogP contribution in [0.5, 0.6) is 0 Å². The lowest BCUT2D eigenvalue weighted by molar-refractivity contribution is -0.138. The van der Waals surface area contributed by atoms with Crippen LogP contribution in [0.2, 0.25) is 0 Å². The van der Waals surface area contributed by atoms with Gasteiger partial charge in [-0.05, 0) is 19.3 Å². The van der Waals surface area contributed by atoms with Crippen molar-refractivity contribution in [3.8, 4) is 0 Å². The van der Waals surface area contributed by atoms with Crippen molar-refractivity contribution in [1.82, 2.24) is 0 Å². The Bertz CT molecular complexity index is 193. The molecule has 0 aliphatic rings. The van der Waals surface area contributed by atoms with Gasteiger partial charge in [-0.15, -0.1) is 6.58 Å². The van der Waals surface area contributed by atoms with Gasteiger partial charge in [0, 0.05) is 12.8 Å². The molecule has 0 aromatic rings. The van der Waals surface area contributed by atoms with Crippen LogP contribution in [0.4, 0.5) is 0 Å². The minimum atomic E-state index is -0.784. The molecule has 0 saturated heterocycles. The molecule has 0 amide bonds. The smallest absolute Gasteiger partial charge is 0.303 e. The van der Waals surface area contributed by atoms with Crippen molar-refractivity contribution in [2.75, 3.05) is 0 Å². The van der Waals surface area contributed by atoms with E-state index < -0.39 is 11.9 Å². The Morgan fingerprint density at radius 2 is 1.41 bits per heavy atom. The van der Waals surface area contributed by atoms with Crippen molar-refractivity contribution in [2.24, 2.45) is 0 Å². The maximum Gasteiger partial charge on any atom is 0.303 e. The van der Waals surface area contributed by atoms with Crippen molar-refractivity contribution < 1.29 is 19.8 Å². The number of aliphatic carboxylic acids is 2. The van der Waals surface area contributed by atoms with Gasteiger partial charge in [0.1, 0.15) is 0 Å². The average molecular weight is 244 g/mol. The molecular formula is C13H24O4. The predicted molar refractivity (Wildman–Crippen MR) is 68.1 cm³/mol. The molecule has 0 aromatic heterocycles. The molecule has 0 aliphatic heterocycles. The highest BCUT2D eigenvalue weighted by molar-refractivity contribution is 5.66. The summed E-state index contributed by atoms with van der Waals surface area (Å²) >= 11 is 0. The van der Waals surface area contributed by atoms with Crippen LogP contribution in [-0.2, 0) is 9.59 Å². The zero-order valence-corrected chi connectivity index (χ0v) is 10.7. The average Bonchev–Trinajstić information content (AvgIpc) is 2.24. The standard InChI is InChI=1S/C8H14O4.C5H10/c9-7(10)5-3-1-2-4-6-8(11)12;1-3-5-4-2/h1-6H2,(H,9,10)(H,11,12);3H,1,4-5H2,2H3. The number of hydrogen-bond acceptors (Lipinski definition) is 2. The minimum absolute atomic E-state index is 0.188. The highest BCUT2D eigenvalue weighted by atomic mass is 16.4. The van der Waals surface area contributed by atoms with Crippen LogP contribution in [-0.4, -0.2) is 22.2 Å². The molecule has 4 nitrogen and oxygen atoms in total. The lowest BCUT2D eigenvalue weighted by Crippen LogP contribution is -1.95. The van der Waals surface area contributed by atoms with E-state index in [0.717, 1.165) is 19.3 Å². The Morgan fingerprint density at radius 3 is 1.59 bits per heavy atom. The highest BCUT2D eigenvalue weighted by Gasteiger charge is 1.98. The van der Waals surface area contributed by atoms with Crippen LogP contribution in [0.3, 0.4) is 0 Å².